The Labute approximate surface area is 175 Å². The molecule has 2 heterocycles. The van der Waals surface area contributed by atoms with Crippen LogP contribution in [0.3, 0.4) is 0 Å². The Hall–Kier alpha value is -1.59. The minimum atomic E-state index is 0.314. The second-order valence-corrected chi connectivity index (χ2v) is 8.72. The van der Waals surface area contributed by atoms with Gasteiger partial charge in [0.15, 0.2) is 5.96 Å². The summed E-state index contributed by atoms with van der Waals surface area (Å²) in [7, 11) is 1.90. The van der Waals surface area contributed by atoms with Gasteiger partial charge in [0, 0.05) is 39.2 Å². The Balaban J connectivity index is 1.22. The molecule has 1 aromatic carbocycles. The van der Waals surface area contributed by atoms with Gasteiger partial charge in [0.2, 0.25) is 0 Å². The summed E-state index contributed by atoms with van der Waals surface area (Å²) in [6.07, 6.45) is 10.2. The molecule has 5 heteroatoms. The van der Waals surface area contributed by atoms with Gasteiger partial charge in [-0.1, -0.05) is 24.3 Å². The van der Waals surface area contributed by atoms with Crippen LogP contribution < -0.4 is 5.32 Å². The normalized spacial score (nSPS) is 26.2. The fourth-order valence-electron chi connectivity index (χ4n) is 5.03. The Kier molecular flexibility index (Phi) is 7.44. The SMILES string of the molecule is CN=C(NCC1CCCc2ccccc21)N1CCC(OCC2CCCCO2)CC1. The lowest BCUT2D eigenvalue weighted by atomic mass is 9.83. The molecule has 160 valence electrons. The summed E-state index contributed by atoms with van der Waals surface area (Å²) in [6, 6.07) is 8.94. The van der Waals surface area contributed by atoms with E-state index in [9.17, 15) is 0 Å². The number of ether oxygens (including phenoxy) is 2. The fraction of sp³-hybridized carbons (Fsp3) is 0.708. The second kappa shape index (κ2) is 10.4. The van der Waals surface area contributed by atoms with Gasteiger partial charge in [0.1, 0.15) is 0 Å². The monoisotopic (exact) mass is 399 g/mol. The second-order valence-electron chi connectivity index (χ2n) is 8.72. The minimum Gasteiger partial charge on any atom is -0.376 e. The van der Waals surface area contributed by atoms with E-state index in [2.05, 4.69) is 39.5 Å². The number of fused-ring (bicyclic) bond motifs is 1. The molecule has 1 aromatic rings. The quantitative estimate of drug-likeness (QED) is 0.605. The lowest BCUT2D eigenvalue weighted by Gasteiger charge is -2.35. The molecule has 2 saturated heterocycles. The van der Waals surface area contributed by atoms with Crippen LogP contribution >= 0.6 is 0 Å². The van der Waals surface area contributed by atoms with Crippen molar-refractivity contribution in [1.29, 1.82) is 0 Å². The zero-order chi connectivity index (χ0) is 19.9. The highest BCUT2D eigenvalue weighted by molar-refractivity contribution is 5.80. The lowest BCUT2D eigenvalue weighted by Crippen LogP contribution is -2.48. The van der Waals surface area contributed by atoms with Crippen molar-refractivity contribution in [3.63, 3.8) is 0 Å². The van der Waals surface area contributed by atoms with Gasteiger partial charge in [-0.25, -0.2) is 0 Å². The van der Waals surface area contributed by atoms with E-state index in [0.29, 0.717) is 18.1 Å². The third-order valence-electron chi connectivity index (χ3n) is 6.75. The van der Waals surface area contributed by atoms with Gasteiger partial charge in [0.25, 0.3) is 0 Å². The topological polar surface area (TPSA) is 46.1 Å². The largest absolute Gasteiger partial charge is 0.376 e. The van der Waals surface area contributed by atoms with Crippen LogP contribution in [0.5, 0.6) is 0 Å². The first-order chi connectivity index (χ1) is 14.3. The number of guanidine groups is 1. The van der Waals surface area contributed by atoms with Gasteiger partial charge >= 0.3 is 0 Å². The predicted molar refractivity (Wildman–Crippen MR) is 118 cm³/mol. The van der Waals surface area contributed by atoms with E-state index in [1.807, 2.05) is 7.05 Å². The van der Waals surface area contributed by atoms with Crippen LogP contribution in [0.15, 0.2) is 29.3 Å². The van der Waals surface area contributed by atoms with Crippen LogP contribution in [0.1, 0.15) is 62.0 Å². The smallest absolute Gasteiger partial charge is 0.193 e. The molecular weight excluding hydrogens is 362 g/mol. The van der Waals surface area contributed by atoms with Gasteiger partial charge < -0.3 is 19.7 Å². The molecule has 5 nitrogen and oxygen atoms in total. The summed E-state index contributed by atoms with van der Waals surface area (Å²) in [6.45, 7) is 4.66. The maximum absolute atomic E-state index is 6.17. The summed E-state index contributed by atoms with van der Waals surface area (Å²) >= 11 is 0. The van der Waals surface area contributed by atoms with Crippen LogP contribution in [0.25, 0.3) is 0 Å². The third kappa shape index (κ3) is 5.52. The van der Waals surface area contributed by atoms with Crippen LogP contribution in [0.4, 0.5) is 0 Å². The van der Waals surface area contributed by atoms with Crippen molar-refractivity contribution in [2.24, 2.45) is 4.99 Å². The fourth-order valence-corrected chi connectivity index (χ4v) is 5.03. The van der Waals surface area contributed by atoms with Crippen molar-refractivity contribution in [3.05, 3.63) is 35.4 Å². The molecule has 0 amide bonds. The number of piperidine rings is 1. The van der Waals surface area contributed by atoms with E-state index in [0.717, 1.165) is 58.1 Å². The number of likely N-dealkylation sites (tertiary alicyclic amines) is 1. The molecule has 2 atom stereocenters. The molecule has 0 spiro atoms. The van der Waals surface area contributed by atoms with Gasteiger partial charge in [0.05, 0.1) is 18.8 Å². The maximum Gasteiger partial charge on any atom is 0.193 e. The highest BCUT2D eigenvalue weighted by atomic mass is 16.5. The lowest BCUT2D eigenvalue weighted by molar-refractivity contribution is -0.0721. The van der Waals surface area contributed by atoms with Crippen LogP contribution in [0, 0.1) is 0 Å². The van der Waals surface area contributed by atoms with E-state index in [1.54, 1.807) is 0 Å². The molecule has 1 aliphatic carbocycles. The zero-order valence-corrected chi connectivity index (χ0v) is 17.9. The standard InChI is InChI=1S/C24H37N3O2/c1-25-24(26-17-20-9-6-8-19-7-2-3-11-23(19)20)27-14-12-21(13-15-27)29-18-22-10-4-5-16-28-22/h2-3,7,11,20-22H,4-6,8-10,12-18H2,1H3,(H,25,26). The van der Waals surface area contributed by atoms with Crippen molar-refractivity contribution in [2.75, 3.05) is 39.9 Å². The molecule has 0 aromatic heterocycles. The highest BCUT2D eigenvalue weighted by Gasteiger charge is 2.25. The van der Waals surface area contributed by atoms with E-state index < -0.39 is 0 Å². The Morgan fingerprint density at radius 2 is 2.00 bits per heavy atom. The van der Waals surface area contributed by atoms with E-state index in [-0.39, 0.29) is 0 Å². The highest BCUT2D eigenvalue weighted by Crippen LogP contribution is 2.30. The molecule has 0 radical (unpaired) electrons. The van der Waals surface area contributed by atoms with Gasteiger partial charge in [-0.2, -0.15) is 0 Å². The Bertz CT molecular complexity index is 664. The Morgan fingerprint density at radius 1 is 1.14 bits per heavy atom. The number of benzene rings is 1. The molecule has 2 fully saturated rings. The van der Waals surface area contributed by atoms with Gasteiger partial charge in [-0.3, -0.25) is 4.99 Å². The number of aryl methyl sites for hydroxylation is 1. The first-order valence-corrected chi connectivity index (χ1v) is 11.6. The zero-order valence-electron chi connectivity index (χ0n) is 17.9. The third-order valence-corrected chi connectivity index (χ3v) is 6.75. The Morgan fingerprint density at radius 3 is 2.79 bits per heavy atom. The first kappa shape index (κ1) is 20.7. The molecule has 2 unspecified atom stereocenters. The summed E-state index contributed by atoms with van der Waals surface area (Å²) in [5.74, 6) is 1.63. The van der Waals surface area contributed by atoms with Crippen LogP contribution in [-0.2, 0) is 15.9 Å². The van der Waals surface area contributed by atoms with Gasteiger partial charge in [-0.15, -0.1) is 0 Å². The minimum absolute atomic E-state index is 0.314. The molecule has 2 aliphatic heterocycles. The van der Waals surface area contributed by atoms with Crippen molar-refractivity contribution in [2.45, 2.75) is 69.5 Å². The molecule has 3 aliphatic rings. The van der Waals surface area contributed by atoms with Crippen molar-refractivity contribution < 1.29 is 9.47 Å². The molecule has 1 N–H and O–H groups in total. The van der Waals surface area contributed by atoms with E-state index in [4.69, 9.17) is 9.47 Å². The molecular formula is C24H37N3O2. The average Bonchev–Trinajstić information content (AvgIpc) is 2.79. The molecule has 0 saturated carbocycles. The number of hydrogen-bond acceptors (Lipinski definition) is 3. The van der Waals surface area contributed by atoms with Gasteiger partial charge in [-0.05, 0) is 62.5 Å². The van der Waals surface area contributed by atoms with E-state index >= 15 is 0 Å². The van der Waals surface area contributed by atoms with Crippen molar-refractivity contribution in [3.8, 4) is 0 Å². The summed E-state index contributed by atoms with van der Waals surface area (Å²) in [5, 5.41) is 3.66. The predicted octanol–water partition coefficient (Wildman–Crippen LogP) is 3.73. The molecule has 29 heavy (non-hydrogen) atoms. The number of nitrogens with one attached hydrogen (secondary N) is 1. The van der Waals surface area contributed by atoms with Crippen LogP contribution in [0.2, 0.25) is 0 Å². The maximum atomic E-state index is 6.17. The number of rotatable bonds is 5. The number of aliphatic imine (C=N–C) groups is 1. The van der Waals surface area contributed by atoms with E-state index in [1.165, 1.54) is 43.2 Å². The molecule has 4 rings (SSSR count). The first-order valence-electron chi connectivity index (χ1n) is 11.6. The van der Waals surface area contributed by atoms with Crippen molar-refractivity contribution >= 4 is 5.96 Å². The van der Waals surface area contributed by atoms with Crippen LogP contribution in [-0.4, -0.2) is 63.0 Å². The summed E-state index contributed by atoms with van der Waals surface area (Å²) < 4.78 is 12.0. The number of hydrogen-bond donors (Lipinski definition) is 1. The number of nitrogens with zero attached hydrogens (tertiary/aromatic N) is 2. The molecule has 0 bridgehead atoms. The van der Waals surface area contributed by atoms with Crippen molar-refractivity contribution in [1.82, 2.24) is 10.2 Å². The summed E-state index contributed by atoms with van der Waals surface area (Å²) in [4.78, 5) is 6.96. The summed E-state index contributed by atoms with van der Waals surface area (Å²) in [5.41, 5.74) is 3.05. The average molecular weight is 400 g/mol.